The number of para-hydroxylation sites is 1. The summed E-state index contributed by atoms with van der Waals surface area (Å²) >= 11 is 1.62. The molecule has 34 heavy (non-hydrogen) atoms. The third-order valence-electron chi connectivity index (χ3n) is 5.87. The normalized spacial score (nSPS) is 13.9. The number of likely N-dealkylation sites (tertiary alicyclic amines) is 1. The molecule has 0 radical (unpaired) electrons. The molecule has 0 aromatic heterocycles. The van der Waals surface area contributed by atoms with Crippen LogP contribution in [-0.4, -0.2) is 44.0 Å². The van der Waals surface area contributed by atoms with Crippen molar-refractivity contribution in [3.8, 4) is 11.5 Å². The highest BCUT2D eigenvalue weighted by atomic mass is 32.2. The van der Waals surface area contributed by atoms with Crippen molar-refractivity contribution in [1.29, 1.82) is 0 Å². The SMILES string of the molecule is COc1cc(OC)cc(C(=O)N2CCC(C(=O)Nc3ccccc3Sc3ccccc3)CC2)c1. The number of methoxy groups -OCH3 is 2. The number of carbonyl (C=O) groups excluding carboxylic acids is 2. The fourth-order valence-corrected chi connectivity index (χ4v) is 4.89. The fourth-order valence-electron chi connectivity index (χ4n) is 3.97. The van der Waals surface area contributed by atoms with E-state index in [-0.39, 0.29) is 17.7 Å². The van der Waals surface area contributed by atoms with Gasteiger partial charge in [-0.1, -0.05) is 42.1 Å². The van der Waals surface area contributed by atoms with Crippen molar-refractivity contribution < 1.29 is 19.1 Å². The highest BCUT2D eigenvalue weighted by Gasteiger charge is 2.28. The molecule has 2 amide bonds. The summed E-state index contributed by atoms with van der Waals surface area (Å²) in [6.45, 7) is 1.05. The molecule has 3 aromatic rings. The van der Waals surface area contributed by atoms with Crippen molar-refractivity contribution in [3.63, 3.8) is 0 Å². The zero-order chi connectivity index (χ0) is 23.9. The summed E-state index contributed by atoms with van der Waals surface area (Å²) in [5.74, 6) is 0.920. The van der Waals surface area contributed by atoms with Gasteiger partial charge in [-0.2, -0.15) is 0 Å². The van der Waals surface area contributed by atoms with E-state index in [1.54, 1.807) is 49.1 Å². The van der Waals surface area contributed by atoms with Crippen molar-refractivity contribution in [2.75, 3.05) is 32.6 Å². The number of carbonyl (C=O) groups is 2. The number of piperidine rings is 1. The Bertz CT molecular complexity index is 1120. The average molecular weight is 477 g/mol. The van der Waals surface area contributed by atoms with Crippen molar-refractivity contribution in [3.05, 3.63) is 78.4 Å². The number of nitrogens with zero attached hydrogens (tertiary/aromatic N) is 1. The summed E-state index contributed by atoms with van der Waals surface area (Å²) < 4.78 is 10.6. The lowest BCUT2D eigenvalue weighted by atomic mass is 9.95. The van der Waals surface area contributed by atoms with Crippen LogP contribution < -0.4 is 14.8 Å². The van der Waals surface area contributed by atoms with Gasteiger partial charge in [0, 0.05) is 40.4 Å². The minimum Gasteiger partial charge on any atom is -0.497 e. The van der Waals surface area contributed by atoms with Crippen molar-refractivity contribution in [2.24, 2.45) is 5.92 Å². The van der Waals surface area contributed by atoms with Gasteiger partial charge in [-0.05, 0) is 49.2 Å². The second kappa shape index (κ2) is 11.1. The Hall–Kier alpha value is -3.45. The lowest BCUT2D eigenvalue weighted by molar-refractivity contribution is -0.121. The second-order valence-electron chi connectivity index (χ2n) is 8.07. The first kappa shape index (κ1) is 23.7. The van der Waals surface area contributed by atoms with Crippen molar-refractivity contribution in [1.82, 2.24) is 4.90 Å². The van der Waals surface area contributed by atoms with E-state index >= 15 is 0 Å². The predicted molar refractivity (Wildman–Crippen MR) is 134 cm³/mol. The number of nitrogens with one attached hydrogen (secondary N) is 1. The molecule has 1 fully saturated rings. The molecular weight excluding hydrogens is 448 g/mol. The molecule has 0 unspecified atom stereocenters. The van der Waals surface area contributed by atoms with Crippen LogP contribution in [0.15, 0.2) is 82.6 Å². The van der Waals surface area contributed by atoms with Gasteiger partial charge in [-0.25, -0.2) is 0 Å². The van der Waals surface area contributed by atoms with E-state index in [4.69, 9.17) is 9.47 Å². The van der Waals surface area contributed by atoms with Gasteiger partial charge in [0.1, 0.15) is 11.5 Å². The van der Waals surface area contributed by atoms with Crippen LogP contribution in [0.1, 0.15) is 23.2 Å². The van der Waals surface area contributed by atoms with Gasteiger partial charge in [0.2, 0.25) is 5.91 Å². The molecule has 1 heterocycles. The molecule has 0 bridgehead atoms. The van der Waals surface area contributed by atoms with Gasteiger partial charge in [0.15, 0.2) is 0 Å². The summed E-state index contributed by atoms with van der Waals surface area (Å²) in [7, 11) is 3.12. The summed E-state index contributed by atoms with van der Waals surface area (Å²) in [6, 6.07) is 23.1. The highest BCUT2D eigenvalue weighted by Crippen LogP contribution is 2.34. The molecule has 1 aliphatic heterocycles. The van der Waals surface area contributed by atoms with Gasteiger partial charge in [0.25, 0.3) is 5.91 Å². The van der Waals surface area contributed by atoms with E-state index in [0.29, 0.717) is 43.0 Å². The maximum absolute atomic E-state index is 13.0. The molecule has 4 rings (SSSR count). The number of anilines is 1. The van der Waals surface area contributed by atoms with E-state index in [1.165, 1.54) is 0 Å². The zero-order valence-electron chi connectivity index (χ0n) is 19.3. The Labute approximate surface area is 204 Å². The van der Waals surface area contributed by atoms with Crippen LogP contribution in [0, 0.1) is 5.92 Å². The molecule has 7 heteroatoms. The molecule has 3 aromatic carbocycles. The van der Waals surface area contributed by atoms with E-state index < -0.39 is 0 Å². The zero-order valence-corrected chi connectivity index (χ0v) is 20.1. The molecule has 0 atom stereocenters. The third kappa shape index (κ3) is 5.72. The smallest absolute Gasteiger partial charge is 0.254 e. The number of benzene rings is 3. The number of hydrogen-bond acceptors (Lipinski definition) is 5. The first-order valence-electron chi connectivity index (χ1n) is 11.2. The average Bonchev–Trinajstić information content (AvgIpc) is 2.89. The van der Waals surface area contributed by atoms with E-state index in [0.717, 1.165) is 15.5 Å². The highest BCUT2D eigenvalue weighted by molar-refractivity contribution is 7.99. The van der Waals surface area contributed by atoms with Crippen molar-refractivity contribution in [2.45, 2.75) is 22.6 Å². The van der Waals surface area contributed by atoms with Gasteiger partial charge in [-0.15, -0.1) is 0 Å². The Kier molecular flexibility index (Phi) is 7.75. The maximum Gasteiger partial charge on any atom is 0.254 e. The third-order valence-corrected chi connectivity index (χ3v) is 6.95. The predicted octanol–water partition coefficient (Wildman–Crippen LogP) is 5.35. The Morgan fingerprint density at radius 2 is 1.50 bits per heavy atom. The monoisotopic (exact) mass is 476 g/mol. The largest absolute Gasteiger partial charge is 0.497 e. The van der Waals surface area contributed by atoms with Crippen molar-refractivity contribution >= 4 is 29.3 Å². The molecular formula is C27H28N2O4S. The summed E-state index contributed by atoms with van der Waals surface area (Å²) in [6.07, 6.45) is 1.24. The molecule has 6 nitrogen and oxygen atoms in total. The van der Waals surface area contributed by atoms with Crippen LogP contribution in [0.5, 0.6) is 11.5 Å². The molecule has 1 N–H and O–H groups in total. The van der Waals surface area contributed by atoms with Crippen LogP contribution in [0.2, 0.25) is 0 Å². The number of ether oxygens (including phenoxy) is 2. The minimum atomic E-state index is -0.140. The number of hydrogen-bond donors (Lipinski definition) is 1. The molecule has 0 spiro atoms. The van der Waals surface area contributed by atoms with Crippen LogP contribution in [0.4, 0.5) is 5.69 Å². The number of amides is 2. The Balaban J connectivity index is 1.37. The summed E-state index contributed by atoms with van der Waals surface area (Å²) in [5, 5.41) is 3.11. The standard InChI is InChI=1S/C27H28N2O4S/c1-32-21-16-20(17-22(18-21)33-2)27(31)29-14-12-19(13-15-29)26(30)28-24-10-6-7-11-25(24)34-23-8-4-3-5-9-23/h3-11,16-19H,12-15H2,1-2H3,(H,28,30). The first-order chi connectivity index (χ1) is 16.6. The van der Waals surface area contributed by atoms with E-state index in [9.17, 15) is 9.59 Å². The number of rotatable bonds is 7. The Morgan fingerprint density at radius 1 is 0.882 bits per heavy atom. The molecule has 0 aliphatic carbocycles. The van der Waals surface area contributed by atoms with Crippen LogP contribution in [0.3, 0.4) is 0 Å². The maximum atomic E-state index is 13.0. The van der Waals surface area contributed by atoms with E-state index in [1.807, 2.05) is 54.6 Å². The summed E-state index contributed by atoms with van der Waals surface area (Å²) in [5.41, 5.74) is 1.33. The second-order valence-corrected chi connectivity index (χ2v) is 9.18. The lowest BCUT2D eigenvalue weighted by Gasteiger charge is -2.31. The van der Waals surface area contributed by atoms with Crippen LogP contribution in [-0.2, 0) is 4.79 Å². The minimum absolute atomic E-state index is 0.00346. The summed E-state index contributed by atoms with van der Waals surface area (Å²) in [4.78, 5) is 30.0. The fraction of sp³-hybridized carbons (Fsp3) is 0.259. The molecule has 0 saturated carbocycles. The van der Waals surface area contributed by atoms with Gasteiger partial charge in [0.05, 0.1) is 19.9 Å². The van der Waals surface area contributed by atoms with Gasteiger partial charge >= 0.3 is 0 Å². The lowest BCUT2D eigenvalue weighted by Crippen LogP contribution is -2.41. The van der Waals surface area contributed by atoms with Gasteiger partial charge < -0.3 is 19.7 Å². The quantitative estimate of drug-likeness (QED) is 0.498. The molecule has 1 aliphatic rings. The van der Waals surface area contributed by atoms with Crippen LogP contribution in [0.25, 0.3) is 0 Å². The van der Waals surface area contributed by atoms with Gasteiger partial charge in [-0.3, -0.25) is 9.59 Å². The topological polar surface area (TPSA) is 67.9 Å². The van der Waals surface area contributed by atoms with Crippen LogP contribution >= 0.6 is 11.8 Å². The van der Waals surface area contributed by atoms with E-state index in [2.05, 4.69) is 5.32 Å². The molecule has 1 saturated heterocycles. The first-order valence-corrected chi connectivity index (χ1v) is 12.0. The molecule has 176 valence electrons. The Morgan fingerprint density at radius 3 is 2.15 bits per heavy atom.